The molecule has 0 spiro atoms. The van der Waals surface area contributed by atoms with Crippen LogP contribution < -0.4 is 14.4 Å². The maximum atomic E-state index is 13.7. The summed E-state index contributed by atoms with van der Waals surface area (Å²) in [5, 5.41) is 11.5. The van der Waals surface area contributed by atoms with Gasteiger partial charge in [-0.05, 0) is 24.0 Å². The molecule has 3 aliphatic rings. The van der Waals surface area contributed by atoms with E-state index in [9.17, 15) is 24.3 Å². The van der Waals surface area contributed by atoms with E-state index in [1.165, 1.54) is 44.1 Å². The van der Waals surface area contributed by atoms with E-state index in [1.54, 1.807) is 11.9 Å². The lowest BCUT2D eigenvalue weighted by Crippen LogP contribution is -2.50. The Hall–Kier alpha value is -4.32. The number of ketones is 2. The highest BCUT2D eigenvalue weighted by molar-refractivity contribution is 6.23. The van der Waals surface area contributed by atoms with E-state index >= 15 is 0 Å². The lowest BCUT2D eigenvalue weighted by molar-refractivity contribution is 0.0483. The average Bonchev–Trinajstić information content (AvgIpc) is 3.42. The van der Waals surface area contributed by atoms with Gasteiger partial charge in [-0.25, -0.2) is 9.69 Å². The van der Waals surface area contributed by atoms with E-state index in [-0.39, 0.29) is 51.9 Å². The predicted molar refractivity (Wildman–Crippen MR) is 141 cm³/mol. The standard InChI is InChI=1S/C28H31N3O9/c1-28(2)11-18-26(35)31(17-9-21(38-5)20(37-4)8-15(17)25(34)30(18)13-28)27(36)40-12-14-7-16-23(29(14)3)19(32)10-22(39-6)24(16)33/h7-10,18,26,35H,11-13H2,1-6H3/t18-,26?/m0/s1. The Kier molecular flexibility index (Phi) is 6.61. The van der Waals surface area contributed by atoms with Crippen LogP contribution >= 0.6 is 0 Å². The van der Waals surface area contributed by atoms with Gasteiger partial charge in [0.05, 0.1) is 49.9 Å². The van der Waals surface area contributed by atoms with E-state index in [0.717, 1.165) is 11.0 Å². The number of aliphatic hydroxyl groups is 1. The molecule has 2 aromatic rings. The first-order valence-electron chi connectivity index (χ1n) is 12.7. The summed E-state index contributed by atoms with van der Waals surface area (Å²) in [6.45, 7) is 4.05. The molecular formula is C28H31N3O9. The smallest absolute Gasteiger partial charge is 0.416 e. The molecule has 1 N–H and O–H groups in total. The molecule has 2 amide bonds. The van der Waals surface area contributed by atoms with Crippen LogP contribution in [0, 0.1) is 5.41 Å². The first-order valence-corrected chi connectivity index (χ1v) is 12.7. The predicted octanol–water partition coefficient (Wildman–Crippen LogP) is 2.67. The summed E-state index contributed by atoms with van der Waals surface area (Å²) in [5.41, 5.74) is 0.645. The molecule has 5 rings (SSSR count). The van der Waals surface area contributed by atoms with Crippen molar-refractivity contribution in [1.82, 2.24) is 9.47 Å². The number of ether oxygens (including phenoxy) is 4. The minimum atomic E-state index is -1.42. The number of hydrogen-bond donors (Lipinski definition) is 1. The van der Waals surface area contributed by atoms with E-state index in [2.05, 4.69) is 0 Å². The van der Waals surface area contributed by atoms with Crippen LogP contribution in [0.4, 0.5) is 10.5 Å². The number of carbonyl (C=O) groups excluding carboxylic acids is 4. The van der Waals surface area contributed by atoms with Crippen molar-refractivity contribution in [2.24, 2.45) is 12.5 Å². The fourth-order valence-electron chi connectivity index (χ4n) is 5.73. The van der Waals surface area contributed by atoms with Crippen LogP contribution in [0.3, 0.4) is 0 Å². The fraction of sp³-hybridized carbons (Fsp3) is 0.429. The van der Waals surface area contributed by atoms with Crippen molar-refractivity contribution in [2.45, 2.75) is 39.1 Å². The van der Waals surface area contributed by atoms with Crippen molar-refractivity contribution in [2.75, 3.05) is 32.8 Å². The van der Waals surface area contributed by atoms with Gasteiger partial charge in [-0.1, -0.05) is 13.8 Å². The number of aromatic nitrogens is 1. The number of Topliss-reactive ketones (excluding diaryl/α,β-unsaturated/α-hetero) is 1. The number of benzene rings is 1. The molecule has 40 heavy (non-hydrogen) atoms. The molecule has 1 saturated heterocycles. The summed E-state index contributed by atoms with van der Waals surface area (Å²) in [7, 11) is 5.75. The molecule has 0 bridgehead atoms. The molecular weight excluding hydrogens is 522 g/mol. The Morgan fingerprint density at radius 1 is 1.02 bits per heavy atom. The summed E-state index contributed by atoms with van der Waals surface area (Å²) >= 11 is 0. The SMILES string of the molecule is COC1=CC(=O)c2c(cc(COC(=O)N3c4cc(OC)c(OC)cc4C(=O)N4CC(C)(C)C[C@H]4C3O)n2C)C1=O. The maximum Gasteiger partial charge on any atom is 0.416 e. The maximum absolute atomic E-state index is 13.7. The summed E-state index contributed by atoms with van der Waals surface area (Å²) in [6.07, 6.45) is -0.766. The summed E-state index contributed by atoms with van der Waals surface area (Å²) < 4.78 is 22.9. The Balaban J connectivity index is 1.51. The zero-order valence-electron chi connectivity index (χ0n) is 23.1. The molecule has 212 valence electrons. The molecule has 0 saturated carbocycles. The third-order valence-corrected chi connectivity index (χ3v) is 7.68. The molecule has 1 aromatic heterocycles. The van der Waals surface area contributed by atoms with Gasteiger partial charge in [-0.2, -0.15) is 0 Å². The van der Waals surface area contributed by atoms with Crippen LogP contribution in [-0.4, -0.2) is 78.3 Å². The molecule has 2 atom stereocenters. The fourth-order valence-corrected chi connectivity index (χ4v) is 5.73. The number of allylic oxidation sites excluding steroid dienone is 2. The first kappa shape index (κ1) is 27.3. The van der Waals surface area contributed by atoms with Crippen molar-refractivity contribution in [3.63, 3.8) is 0 Å². The highest BCUT2D eigenvalue weighted by atomic mass is 16.6. The van der Waals surface area contributed by atoms with Gasteiger partial charge in [-0.3, -0.25) is 14.4 Å². The van der Waals surface area contributed by atoms with Crippen molar-refractivity contribution in [1.29, 1.82) is 0 Å². The van der Waals surface area contributed by atoms with Crippen molar-refractivity contribution in [3.05, 3.63) is 52.5 Å². The zero-order valence-corrected chi connectivity index (χ0v) is 23.1. The van der Waals surface area contributed by atoms with Crippen molar-refractivity contribution in [3.8, 4) is 11.5 Å². The van der Waals surface area contributed by atoms with Crippen molar-refractivity contribution >= 4 is 29.3 Å². The van der Waals surface area contributed by atoms with Crippen LogP contribution in [0.25, 0.3) is 0 Å². The van der Waals surface area contributed by atoms with Gasteiger partial charge in [0.1, 0.15) is 12.3 Å². The number of rotatable bonds is 5. The topological polar surface area (TPSA) is 137 Å². The number of methoxy groups -OCH3 is 3. The molecule has 12 heteroatoms. The van der Waals surface area contributed by atoms with E-state index < -0.39 is 29.9 Å². The largest absolute Gasteiger partial charge is 0.493 e. The van der Waals surface area contributed by atoms with E-state index in [4.69, 9.17) is 18.9 Å². The normalized spacial score (nSPS) is 21.3. The van der Waals surface area contributed by atoms with Gasteiger partial charge in [-0.15, -0.1) is 0 Å². The number of fused-ring (bicyclic) bond motifs is 3. The number of nitrogens with zero attached hydrogens (tertiary/aromatic N) is 3. The zero-order chi connectivity index (χ0) is 29.1. The van der Waals surface area contributed by atoms with E-state index in [0.29, 0.717) is 24.4 Å². The quantitative estimate of drug-likeness (QED) is 0.592. The molecule has 1 fully saturated rings. The lowest BCUT2D eigenvalue weighted by Gasteiger charge is -2.31. The Morgan fingerprint density at radius 3 is 2.35 bits per heavy atom. The number of hydrogen-bond acceptors (Lipinski definition) is 9. The lowest BCUT2D eigenvalue weighted by atomic mass is 9.90. The summed E-state index contributed by atoms with van der Waals surface area (Å²) in [4.78, 5) is 55.3. The van der Waals surface area contributed by atoms with Gasteiger partial charge < -0.3 is 33.5 Å². The molecule has 1 aromatic carbocycles. The monoisotopic (exact) mass is 553 g/mol. The molecule has 1 aliphatic carbocycles. The number of aliphatic hydroxyl groups excluding tert-OH is 1. The average molecular weight is 554 g/mol. The molecule has 0 radical (unpaired) electrons. The van der Waals surface area contributed by atoms with Crippen molar-refractivity contribution < 1.29 is 43.2 Å². The number of anilines is 1. The van der Waals surface area contributed by atoms with Crippen LogP contribution in [0.15, 0.2) is 30.0 Å². The third-order valence-electron chi connectivity index (χ3n) is 7.68. The first-order chi connectivity index (χ1) is 18.9. The van der Waals surface area contributed by atoms with Crippen LogP contribution in [0.2, 0.25) is 0 Å². The Bertz CT molecular complexity index is 1470. The van der Waals surface area contributed by atoms with Gasteiger partial charge in [0, 0.05) is 25.7 Å². The van der Waals surface area contributed by atoms with Gasteiger partial charge in [0.15, 0.2) is 23.5 Å². The molecule has 12 nitrogen and oxygen atoms in total. The highest BCUT2D eigenvalue weighted by Crippen LogP contribution is 2.44. The summed E-state index contributed by atoms with van der Waals surface area (Å²) in [5.74, 6) is -0.738. The second kappa shape index (κ2) is 9.70. The van der Waals surface area contributed by atoms with E-state index in [1.807, 2.05) is 13.8 Å². The number of carbonyl (C=O) groups is 4. The minimum absolute atomic E-state index is 0.0750. The van der Waals surface area contributed by atoms with Gasteiger partial charge >= 0.3 is 6.09 Å². The third kappa shape index (κ3) is 4.19. The summed E-state index contributed by atoms with van der Waals surface area (Å²) in [6, 6.07) is 3.73. The molecule has 3 heterocycles. The second-order valence-corrected chi connectivity index (χ2v) is 10.8. The molecule has 1 unspecified atom stereocenters. The Labute approximate surface area is 230 Å². The van der Waals surface area contributed by atoms with Gasteiger partial charge in [0.2, 0.25) is 11.6 Å². The van der Waals surface area contributed by atoms with Crippen LogP contribution in [-0.2, 0) is 23.1 Å². The van der Waals surface area contributed by atoms with Gasteiger partial charge in [0.25, 0.3) is 5.91 Å². The number of amides is 2. The highest BCUT2D eigenvalue weighted by Gasteiger charge is 2.50. The van der Waals surface area contributed by atoms with Crippen LogP contribution in [0.1, 0.15) is 57.2 Å². The van der Waals surface area contributed by atoms with Crippen LogP contribution in [0.5, 0.6) is 11.5 Å². The minimum Gasteiger partial charge on any atom is -0.493 e. The molecule has 2 aliphatic heterocycles. The Morgan fingerprint density at radius 2 is 1.70 bits per heavy atom. The second-order valence-electron chi connectivity index (χ2n) is 10.8.